The third-order valence-corrected chi connectivity index (χ3v) is 2.54. The van der Waals surface area contributed by atoms with Gasteiger partial charge in [0.25, 0.3) is 0 Å². The first-order valence-electron chi connectivity index (χ1n) is 4.86. The van der Waals surface area contributed by atoms with Crippen LogP contribution in [0.2, 0.25) is 0 Å². The standard InChI is InChI=1S/C9H18N4O/c1-3-9(2,6-14)5-10-4-8-11-7-12-13-8/h7,10,14H,3-6H2,1-2H3,(H,11,12,13). The molecule has 5 heteroatoms. The van der Waals surface area contributed by atoms with Gasteiger partial charge in [0, 0.05) is 18.6 Å². The molecule has 0 bridgehead atoms. The minimum absolute atomic E-state index is 0.0416. The number of nitrogens with zero attached hydrogens (tertiary/aromatic N) is 2. The first-order chi connectivity index (χ1) is 6.70. The van der Waals surface area contributed by atoms with Crippen molar-refractivity contribution < 1.29 is 5.11 Å². The van der Waals surface area contributed by atoms with Gasteiger partial charge < -0.3 is 10.4 Å². The summed E-state index contributed by atoms with van der Waals surface area (Å²) >= 11 is 0. The average Bonchev–Trinajstić information content (AvgIpc) is 2.70. The SMILES string of the molecule is CCC(C)(CO)CNCc1ncn[nH]1. The second-order valence-electron chi connectivity index (χ2n) is 3.86. The number of hydrogen-bond donors (Lipinski definition) is 3. The van der Waals surface area contributed by atoms with Gasteiger partial charge in [0.1, 0.15) is 12.2 Å². The molecule has 14 heavy (non-hydrogen) atoms. The van der Waals surface area contributed by atoms with Gasteiger partial charge in [-0.05, 0) is 6.42 Å². The molecular formula is C9H18N4O. The first kappa shape index (κ1) is 11.1. The van der Waals surface area contributed by atoms with Gasteiger partial charge >= 0.3 is 0 Å². The minimum Gasteiger partial charge on any atom is -0.396 e. The van der Waals surface area contributed by atoms with Crippen LogP contribution in [0.1, 0.15) is 26.1 Å². The zero-order chi connectivity index (χ0) is 10.4. The van der Waals surface area contributed by atoms with Crippen LogP contribution in [-0.2, 0) is 6.54 Å². The molecule has 3 N–H and O–H groups in total. The molecule has 0 fully saturated rings. The summed E-state index contributed by atoms with van der Waals surface area (Å²) in [5, 5.41) is 18.9. The van der Waals surface area contributed by atoms with Crippen molar-refractivity contribution in [1.29, 1.82) is 0 Å². The van der Waals surface area contributed by atoms with E-state index in [-0.39, 0.29) is 12.0 Å². The van der Waals surface area contributed by atoms with Crippen molar-refractivity contribution in [2.75, 3.05) is 13.2 Å². The highest BCUT2D eigenvalue weighted by atomic mass is 16.3. The summed E-state index contributed by atoms with van der Waals surface area (Å²) in [7, 11) is 0. The number of aliphatic hydroxyl groups is 1. The Morgan fingerprint density at radius 2 is 2.43 bits per heavy atom. The van der Waals surface area contributed by atoms with Gasteiger partial charge in [0.2, 0.25) is 0 Å². The lowest BCUT2D eigenvalue weighted by atomic mass is 9.89. The van der Waals surface area contributed by atoms with Crippen molar-refractivity contribution in [3.8, 4) is 0 Å². The van der Waals surface area contributed by atoms with Gasteiger partial charge in [-0.1, -0.05) is 13.8 Å². The van der Waals surface area contributed by atoms with Gasteiger partial charge in [-0.2, -0.15) is 5.10 Å². The molecule has 1 atom stereocenters. The second kappa shape index (κ2) is 5.07. The molecule has 1 heterocycles. The van der Waals surface area contributed by atoms with Crippen molar-refractivity contribution in [2.45, 2.75) is 26.8 Å². The highest BCUT2D eigenvalue weighted by Crippen LogP contribution is 2.18. The second-order valence-corrected chi connectivity index (χ2v) is 3.86. The smallest absolute Gasteiger partial charge is 0.138 e. The molecule has 1 aromatic heterocycles. The Morgan fingerprint density at radius 1 is 1.64 bits per heavy atom. The number of rotatable bonds is 6. The van der Waals surface area contributed by atoms with Crippen LogP contribution < -0.4 is 5.32 Å². The molecule has 1 aromatic rings. The first-order valence-corrected chi connectivity index (χ1v) is 4.86. The van der Waals surface area contributed by atoms with Gasteiger partial charge in [0.15, 0.2) is 0 Å². The van der Waals surface area contributed by atoms with Gasteiger partial charge in [-0.3, -0.25) is 5.10 Å². The summed E-state index contributed by atoms with van der Waals surface area (Å²) in [4.78, 5) is 4.00. The molecule has 0 saturated heterocycles. The van der Waals surface area contributed by atoms with Crippen LogP contribution in [0, 0.1) is 5.41 Å². The zero-order valence-electron chi connectivity index (χ0n) is 8.75. The lowest BCUT2D eigenvalue weighted by Crippen LogP contribution is -2.34. The topological polar surface area (TPSA) is 73.8 Å². The van der Waals surface area contributed by atoms with Crippen LogP contribution in [-0.4, -0.2) is 33.4 Å². The summed E-state index contributed by atoms with van der Waals surface area (Å²) in [6.07, 6.45) is 2.44. The van der Waals surface area contributed by atoms with Crippen LogP contribution >= 0.6 is 0 Å². The molecule has 0 spiro atoms. The molecule has 0 amide bonds. The quantitative estimate of drug-likeness (QED) is 0.614. The number of aliphatic hydroxyl groups excluding tert-OH is 1. The Morgan fingerprint density at radius 3 is 2.93 bits per heavy atom. The maximum atomic E-state index is 9.17. The Bertz CT molecular complexity index is 243. The molecule has 1 unspecified atom stereocenters. The summed E-state index contributed by atoms with van der Waals surface area (Å²) in [6.45, 7) is 5.77. The largest absolute Gasteiger partial charge is 0.396 e. The number of H-pyrrole nitrogens is 1. The predicted octanol–water partition coefficient (Wildman–Crippen LogP) is 0.303. The normalized spacial score (nSPS) is 15.4. The zero-order valence-corrected chi connectivity index (χ0v) is 8.75. The van der Waals surface area contributed by atoms with Crippen molar-refractivity contribution in [1.82, 2.24) is 20.5 Å². The summed E-state index contributed by atoms with van der Waals surface area (Å²) in [5.74, 6) is 0.821. The molecule has 0 radical (unpaired) electrons. The van der Waals surface area contributed by atoms with E-state index in [4.69, 9.17) is 5.11 Å². The van der Waals surface area contributed by atoms with E-state index in [1.165, 1.54) is 6.33 Å². The van der Waals surface area contributed by atoms with E-state index in [9.17, 15) is 0 Å². The predicted molar refractivity (Wildman–Crippen MR) is 53.6 cm³/mol. The number of hydrogen-bond acceptors (Lipinski definition) is 4. The van der Waals surface area contributed by atoms with Gasteiger partial charge in [0.05, 0.1) is 6.54 Å². The van der Waals surface area contributed by atoms with Crippen molar-refractivity contribution in [3.63, 3.8) is 0 Å². The van der Waals surface area contributed by atoms with Crippen LogP contribution in [0.4, 0.5) is 0 Å². The summed E-state index contributed by atoms with van der Waals surface area (Å²) < 4.78 is 0. The maximum absolute atomic E-state index is 9.17. The number of aromatic amines is 1. The van der Waals surface area contributed by atoms with Crippen LogP contribution in [0.3, 0.4) is 0 Å². The van der Waals surface area contributed by atoms with E-state index >= 15 is 0 Å². The van der Waals surface area contributed by atoms with Crippen LogP contribution in [0.15, 0.2) is 6.33 Å². The Hall–Kier alpha value is -0.940. The van der Waals surface area contributed by atoms with E-state index in [1.807, 2.05) is 0 Å². The molecular weight excluding hydrogens is 180 g/mol. The fraction of sp³-hybridized carbons (Fsp3) is 0.778. The van der Waals surface area contributed by atoms with Crippen molar-refractivity contribution in [3.05, 3.63) is 12.2 Å². The molecule has 1 rings (SSSR count). The molecule has 0 aromatic carbocycles. The van der Waals surface area contributed by atoms with Gasteiger partial charge in [-0.25, -0.2) is 4.98 Å². The number of nitrogens with one attached hydrogen (secondary N) is 2. The molecule has 0 aliphatic carbocycles. The fourth-order valence-electron chi connectivity index (χ4n) is 1.09. The van der Waals surface area contributed by atoms with Crippen LogP contribution in [0.25, 0.3) is 0 Å². The van der Waals surface area contributed by atoms with E-state index in [0.29, 0.717) is 6.54 Å². The Labute approximate surface area is 83.9 Å². The molecule has 0 aliphatic heterocycles. The van der Waals surface area contributed by atoms with E-state index in [1.54, 1.807) is 0 Å². The van der Waals surface area contributed by atoms with E-state index in [0.717, 1.165) is 18.8 Å². The average molecular weight is 198 g/mol. The summed E-state index contributed by atoms with van der Waals surface area (Å²) in [6, 6.07) is 0. The van der Waals surface area contributed by atoms with E-state index in [2.05, 4.69) is 34.3 Å². The molecule has 0 aliphatic rings. The van der Waals surface area contributed by atoms with E-state index < -0.39 is 0 Å². The highest BCUT2D eigenvalue weighted by Gasteiger charge is 2.20. The summed E-state index contributed by atoms with van der Waals surface area (Å²) in [5.41, 5.74) is -0.0416. The minimum atomic E-state index is -0.0416. The van der Waals surface area contributed by atoms with Crippen molar-refractivity contribution in [2.24, 2.45) is 5.41 Å². The third kappa shape index (κ3) is 3.08. The highest BCUT2D eigenvalue weighted by molar-refractivity contribution is 4.81. The van der Waals surface area contributed by atoms with Crippen molar-refractivity contribution >= 4 is 0 Å². The van der Waals surface area contributed by atoms with Crippen LogP contribution in [0.5, 0.6) is 0 Å². The molecule has 0 saturated carbocycles. The lowest BCUT2D eigenvalue weighted by molar-refractivity contribution is 0.135. The number of aromatic nitrogens is 3. The molecule has 5 nitrogen and oxygen atoms in total. The fourth-order valence-corrected chi connectivity index (χ4v) is 1.09. The Balaban J connectivity index is 2.27. The monoisotopic (exact) mass is 198 g/mol. The Kier molecular flexibility index (Phi) is 4.03. The third-order valence-electron chi connectivity index (χ3n) is 2.54. The molecule has 80 valence electrons. The lowest BCUT2D eigenvalue weighted by Gasteiger charge is -2.25. The maximum Gasteiger partial charge on any atom is 0.138 e. The van der Waals surface area contributed by atoms with Gasteiger partial charge in [-0.15, -0.1) is 0 Å².